The Bertz CT molecular complexity index is 306. The van der Waals surface area contributed by atoms with E-state index in [-0.39, 0.29) is 31.1 Å². The Balaban J connectivity index is 0.000000306. The molecule has 2 nitrogen and oxygen atoms in total. The van der Waals surface area contributed by atoms with Crippen molar-refractivity contribution in [3.8, 4) is 0 Å². The molecular formula is C15H22N2U. The van der Waals surface area contributed by atoms with E-state index in [0.717, 1.165) is 11.6 Å². The molecule has 1 aromatic carbocycles. The summed E-state index contributed by atoms with van der Waals surface area (Å²) < 4.78 is 0. The first-order valence-electron chi connectivity index (χ1n) is 6.41. The normalized spacial score (nSPS) is 18.0. The first kappa shape index (κ1) is 17.9. The largest absolute Gasteiger partial charge is 2.00 e. The van der Waals surface area contributed by atoms with Gasteiger partial charge >= 0.3 is 31.1 Å². The number of benzene rings is 1. The van der Waals surface area contributed by atoms with Crippen molar-refractivity contribution in [2.75, 3.05) is 13.1 Å². The molecule has 1 fully saturated rings. The van der Waals surface area contributed by atoms with E-state index in [2.05, 4.69) is 29.5 Å². The Kier molecular flexibility index (Phi) is 11.9. The average Bonchev–Trinajstić information content (AvgIpc) is 2.85. The molecule has 0 aromatic heterocycles. The van der Waals surface area contributed by atoms with Gasteiger partial charge in [0.25, 0.3) is 0 Å². The van der Waals surface area contributed by atoms with E-state index in [1.165, 1.54) is 32.4 Å². The summed E-state index contributed by atoms with van der Waals surface area (Å²) in [5.74, 6) is 1.000. The van der Waals surface area contributed by atoms with Crippen LogP contribution in [-0.2, 0) is 0 Å². The van der Waals surface area contributed by atoms with Gasteiger partial charge in [0.15, 0.2) is 0 Å². The Hall–Kier alpha value is -0.0981. The third-order valence-electron chi connectivity index (χ3n) is 2.78. The molecular weight excluding hydrogens is 446 g/mol. The van der Waals surface area contributed by atoms with Crippen molar-refractivity contribution < 1.29 is 31.1 Å². The predicted molar refractivity (Wildman–Crippen MR) is 73.9 cm³/mol. The molecule has 0 amide bonds. The van der Waals surface area contributed by atoms with Crippen LogP contribution in [0.1, 0.15) is 33.1 Å². The summed E-state index contributed by atoms with van der Waals surface area (Å²) >= 11 is 0. The summed E-state index contributed by atoms with van der Waals surface area (Å²) in [7, 11) is 0. The van der Waals surface area contributed by atoms with Crippen LogP contribution in [0.15, 0.2) is 29.3 Å². The maximum absolute atomic E-state index is 3.90. The van der Waals surface area contributed by atoms with Crippen molar-refractivity contribution in [3.05, 3.63) is 30.3 Å². The Morgan fingerprint density at radius 1 is 1.50 bits per heavy atom. The van der Waals surface area contributed by atoms with Crippen LogP contribution >= 0.6 is 0 Å². The minimum atomic E-state index is 0. The topological polar surface area (TPSA) is 24.4 Å². The molecule has 18 heavy (non-hydrogen) atoms. The molecule has 0 saturated carbocycles. The van der Waals surface area contributed by atoms with E-state index in [9.17, 15) is 0 Å². The van der Waals surface area contributed by atoms with Gasteiger partial charge in [-0.25, -0.2) is 11.8 Å². The van der Waals surface area contributed by atoms with Gasteiger partial charge in [-0.2, -0.15) is 24.4 Å². The van der Waals surface area contributed by atoms with Gasteiger partial charge in [0.2, 0.25) is 0 Å². The van der Waals surface area contributed by atoms with Crippen molar-refractivity contribution >= 4 is 11.9 Å². The zero-order valence-electron chi connectivity index (χ0n) is 11.4. The molecule has 0 unspecified atom stereocenters. The number of aliphatic imine (C=N–C) groups is 1. The summed E-state index contributed by atoms with van der Waals surface area (Å²) in [6, 6.07) is 10.5. The molecule has 0 spiro atoms. The number of hydrogen-bond donors (Lipinski definition) is 1. The third kappa shape index (κ3) is 8.08. The van der Waals surface area contributed by atoms with E-state index in [1.807, 2.05) is 24.3 Å². The number of para-hydroxylation sites is 1. The van der Waals surface area contributed by atoms with Crippen LogP contribution < -0.4 is 5.32 Å². The van der Waals surface area contributed by atoms with Crippen molar-refractivity contribution in [1.82, 2.24) is 5.32 Å². The molecule has 1 N–H and O–H groups in total. The second-order valence-corrected chi connectivity index (χ2v) is 4.23. The fourth-order valence-electron chi connectivity index (χ4n) is 1.94. The van der Waals surface area contributed by atoms with Gasteiger partial charge in [0, 0.05) is 0 Å². The first-order chi connectivity index (χ1) is 8.36. The molecule has 0 bridgehead atoms. The molecule has 1 aromatic rings. The van der Waals surface area contributed by atoms with E-state index in [1.54, 1.807) is 6.92 Å². The van der Waals surface area contributed by atoms with Crippen molar-refractivity contribution in [2.24, 2.45) is 10.9 Å². The summed E-state index contributed by atoms with van der Waals surface area (Å²) in [6.07, 6.45) is 6.87. The molecule has 3 heteroatoms. The SMILES string of the molecule is CCC[C@@H]1CCNC1.C[C-]=Nc1[c-]cccc1.[U+2]. The average molecular weight is 468 g/mol. The quantitative estimate of drug-likeness (QED) is 0.533. The van der Waals surface area contributed by atoms with Gasteiger partial charge in [-0.1, -0.05) is 13.3 Å². The van der Waals surface area contributed by atoms with Gasteiger partial charge in [-0.3, -0.25) is 6.07 Å². The molecule has 1 saturated heterocycles. The molecule has 1 aliphatic heterocycles. The fraction of sp³-hybridized carbons (Fsp3) is 0.533. The smallest absolute Gasteiger partial charge is 0.482 e. The summed E-state index contributed by atoms with van der Waals surface area (Å²) in [4.78, 5) is 3.90. The maximum Gasteiger partial charge on any atom is 2.00 e. The van der Waals surface area contributed by atoms with Gasteiger partial charge in [-0.15, -0.1) is 6.92 Å². The van der Waals surface area contributed by atoms with Crippen LogP contribution in [0.5, 0.6) is 0 Å². The zero-order chi connectivity index (χ0) is 12.3. The molecule has 2 rings (SSSR count). The Labute approximate surface area is 135 Å². The van der Waals surface area contributed by atoms with Crippen molar-refractivity contribution in [1.29, 1.82) is 0 Å². The predicted octanol–water partition coefficient (Wildman–Crippen LogP) is 3.48. The third-order valence-corrected chi connectivity index (χ3v) is 2.78. The van der Waals surface area contributed by atoms with Crippen LogP contribution in [0.4, 0.5) is 5.69 Å². The van der Waals surface area contributed by atoms with Gasteiger partial charge in [0.1, 0.15) is 0 Å². The number of rotatable bonds is 3. The molecule has 0 aliphatic carbocycles. The second kappa shape index (κ2) is 12.0. The maximum atomic E-state index is 3.90. The molecule has 1 aliphatic rings. The van der Waals surface area contributed by atoms with E-state index >= 15 is 0 Å². The van der Waals surface area contributed by atoms with Crippen molar-refractivity contribution in [3.63, 3.8) is 0 Å². The Morgan fingerprint density at radius 3 is 2.83 bits per heavy atom. The van der Waals surface area contributed by atoms with Crippen LogP contribution in [0, 0.1) is 43.1 Å². The van der Waals surface area contributed by atoms with Gasteiger partial charge < -0.3 is 10.3 Å². The second-order valence-electron chi connectivity index (χ2n) is 4.23. The fourth-order valence-corrected chi connectivity index (χ4v) is 1.94. The van der Waals surface area contributed by atoms with Crippen LogP contribution in [0.3, 0.4) is 0 Å². The standard InChI is InChI=1S/C8H7N.C7H15N.U/c1-2-9-8-6-4-3-5-7-8;1-2-3-7-4-5-8-6-7;/h3-6H,1H3;7-8H,2-6H2,1H3;/q-2;;+2/t;7-;/m.1./s1. The zero-order valence-corrected chi connectivity index (χ0v) is 15.5. The summed E-state index contributed by atoms with van der Waals surface area (Å²) in [6.45, 7) is 6.55. The van der Waals surface area contributed by atoms with Crippen LogP contribution in [0.25, 0.3) is 0 Å². The molecule has 0 radical (unpaired) electrons. The summed E-state index contributed by atoms with van der Waals surface area (Å²) in [5.41, 5.74) is 0.833. The van der Waals surface area contributed by atoms with E-state index in [4.69, 9.17) is 0 Å². The number of nitrogens with one attached hydrogen (secondary N) is 1. The first-order valence-corrected chi connectivity index (χ1v) is 6.41. The van der Waals surface area contributed by atoms with Crippen LogP contribution in [0.2, 0.25) is 0 Å². The van der Waals surface area contributed by atoms with E-state index < -0.39 is 0 Å². The van der Waals surface area contributed by atoms with Crippen LogP contribution in [-0.4, -0.2) is 19.3 Å². The molecule has 96 valence electrons. The summed E-state index contributed by atoms with van der Waals surface area (Å²) in [5, 5.41) is 3.36. The Morgan fingerprint density at radius 2 is 2.33 bits per heavy atom. The molecule has 1 heterocycles. The number of nitrogens with zero attached hydrogens (tertiary/aromatic N) is 1. The minimum Gasteiger partial charge on any atom is -0.482 e. The molecule has 1 atom stereocenters. The minimum absolute atomic E-state index is 0. The number of hydrogen-bond acceptors (Lipinski definition) is 2. The van der Waals surface area contributed by atoms with E-state index in [0.29, 0.717) is 0 Å². The van der Waals surface area contributed by atoms with Gasteiger partial charge in [0.05, 0.1) is 0 Å². The monoisotopic (exact) mass is 468 g/mol. The van der Waals surface area contributed by atoms with Crippen molar-refractivity contribution in [2.45, 2.75) is 33.1 Å². The van der Waals surface area contributed by atoms with Gasteiger partial charge in [-0.05, 0) is 31.8 Å².